The van der Waals surface area contributed by atoms with Crippen LogP contribution in [0.2, 0.25) is 0 Å². The Hall–Kier alpha value is -4.40. The van der Waals surface area contributed by atoms with Crippen molar-refractivity contribution in [1.82, 2.24) is 19.5 Å². The van der Waals surface area contributed by atoms with Gasteiger partial charge in [0.2, 0.25) is 5.95 Å². The molecule has 0 spiro atoms. The molecule has 34 heavy (non-hydrogen) atoms. The van der Waals surface area contributed by atoms with E-state index in [1.807, 2.05) is 60.7 Å². The van der Waals surface area contributed by atoms with Crippen LogP contribution >= 0.6 is 0 Å². The summed E-state index contributed by atoms with van der Waals surface area (Å²) in [6, 6.07) is 24.2. The second kappa shape index (κ2) is 8.86. The van der Waals surface area contributed by atoms with Crippen molar-refractivity contribution in [2.75, 3.05) is 10.6 Å². The molecule has 0 atom stereocenters. The molecule has 5 aromatic rings. The highest BCUT2D eigenvalue weighted by atomic mass is 19.4. The van der Waals surface area contributed by atoms with Gasteiger partial charge in [0, 0.05) is 11.4 Å². The number of imidazole rings is 1. The molecule has 5 rings (SSSR count). The average Bonchev–Trinajstić information content (AvgIpc) is 3.23. The predicted molar refractivity (Wildman–Crippen MR) is 125 cm³/mol. The smallest absolute Gasteiger partial charge is 0.338 e. The third-order valence-electron chi connectivity index (χ3n) is 5.16. The summed E-state index contributed by atoms with van der Waals surface area (Å²) >= 11 is 0. The zero-order valence-corrected chi connectivity index (χ0v) is 17.8. The summed E-state index contributed by atoms with van der Waals surface area (Å²) < 4.78 is 40.5. The molecule has 0 unspecified atom stereocenters. The Kier molecular flexibility index (Phi) is 5.59. The maximum atomic E-state index is 12.9. The first-order valence-corrected chi connectivity index (χ1v) is 10.5. The number of rotatable bonds is 6. The molecule has 0 aliphatic carbocycles. The molecule has 0 aliphatic rings. The Balaban J connectivity index is 1.52. The van der Waals surface area contributed by atoms with Gasteiger partial charge < -0.3 is 15.2 Å². The van der Waals surface area contributed by atoms with Gasteiger partial charge in [-0.2, -0.15) is 23.1 Å². The first-order valence-electron chi connectivity index (χ1n) is 10.5. The van der Waals surface area contributed by atoms with Gasteiger partial charge in [-0.1, -0.05) is 48.5 Å². The van der Waals surface area contributed by atoms with Crippen LogP contribution in [0.25, 0.3) is 11.2 Å². The zero-order valence-electron chi connectivity index (χ0n) is 17.8. The van der Waals surface area contributed by atoms with Crippen LogP contribution in [0.4, 0.5) is 36.3 Å². The van der Waals surface area contributed by atoms with Crippen molar-refractivity contribution in [2.24, 2.45) is 0 Å². The Labute approximate surface area is 193 Å². The topological polar surface area (TPSA) is 67.7 Å². The molecular weight excluding hydrogens is 441 g/mol. The third-order valence-corrected chi connectivity index (χ3v) is 5.16. The lowest BCUT2D eigenvalue weighted by Crippen LogP contribution is -2.06. The number of nitrogens with zero attached hydrogens (tertiary/aromatic N) is 4. The van der Waals surface area contributed by atoms with Crippen LogP contribution in [-0.2, 0) is 12.7 Å². The predicted octanol–water partition coefficient (Wildman–Crippen LogP) is 6.38. The molecule has 0 radical (unpaired) electrons. The zero-order chi connectivity index (χ0) is 23.5. The molecule has 0 saturated carbocycles. The van der Waals surface area contributed by atoms with E-state index >= 15 is 0 Å². The molecular formula is C25H19F3N6. The summed E-state index contributed by atoms with van der Waals surface area (Å²) in [5, 5.41) is 6.48. The highest BCUT2D eigenvalue weighted by Crippen LogP contribution is 2.30. The van der Waals surface area contributed by atoms with Crippen molar-refractivity contribution in [3.05, 3.63) is 102 Å². The van der Waals surface area contributed by atoms with Crippen molar-refractivity contribution < 1.29 is 13.2 Å². The fraction of sp³-hybridized carbons (Fsp3) is 0.0800. The summed E-state index contributed by atoms with van der Waals surface area (Å²) in [6.45, 7) is 0.307. The minimum atomic E-state index is -4.37. The summed E-state index contributed by atoms with van der Waals surface area (Å²) in [7, 11) is 0. The molecule has 0 aliphatic heterocycles. The number of benzene rings is 3. The van der Waals surface area contributed by atoms with E-state index in [4.69, 9.17) is 0 Å². The molecule has 3 aromatic carbocycles. The van der Waals surface area contributed by atoms with Gasteiger partial charge in [-0.05, 0) is 42.0 Å². The van der Waals surface area contributed by atoms with Gasteiger partial charge in [0.1, 0.15) is 0 Å². The van der Waals surface area contributed by atoms with Gasteiger partial charge in [-0.15, -0.1) is 0 Å². The highest BCUT2D eigenvalue weighted by molar-refractivity contribution is 5.87. The van der Waals surface area contributed by atoms with Crippen molar-refractivity contribution >= 4 is 34.3 Å². The maximum Gasteiger partial charge on any atom is 0.416 e. The second-order valence-corrected chi connectivity index (χ2v) is 7.62. The number of aromatic nitrogens is 4. The molecule has 2 heterocycles. The Bertz CT molecular complexity index is 1400. The van der Waals surface area contributed by atoms with Crippen molar-refractivity contribution in [1.29, 1.82) is 0 Å². The Morgan fingerprint density at radius 1 is 0.735 bits per heavy atom. The van der Waals surface area contributed by atoms with Gasteiger partial charge in [-0.25, -0.2) is 4.98 Å². The summed E-state index contributed by atoms with van der Waals surface area (Å²) in [4.78, 5) is 13.7. The fourth-order valence-electron chi connectivity index (χ4n) is 3.51. The van der Waals surface area contributed by atoms with E-state index in [-0.39, 0.29) is 0 Å². The van der Waals surface area contributed by atoms with Gasteiger partial charge in [0.05, 0.1) is 18.4 Å². The maximum absolute atomic E-state index is 12.9. The first kappa shape index (κ1) is 21.4. The van der Waals surface area contributed by atoms with E-state index < -0.39 is 11.7 Å². The standard InChI is InChI=1S/C25H19F3N6/c26-25(27,28)18-13-11-17(12-14-18)15-34-16-29-21-22(30-19-7-3-1-4-8-19)32-24(33-23(21)34)31-20-9-5-2-6-10-20/h1-14,16H,15H2,(H2,30,31,32,33). The van der Waals surface area contributed by atoms with E-state index in [1.54, 1.807) is 10.9 Å². The monoisotopic (exact) mass is 460 g/mol. The van der Waals surface area contributed by atoms with Gasteiger partial charge in [0.15, 0.2) is 17.0 Å². The number of hydrogen-bond donors (Lipinski definition) is 2. The normalized spacial score (nSPS) is 11.5. The summed E-state index contributed by atoms with van der Waals surface area (Å²) in [5.74, 6) is 0.882. The van der Waals surface area contributed by atoms with E-state index in [0.29, 0.717) is 35.0 Å². The molecule has 0 fully saturated rings. The Morgan fingerprint density at radius 2 is 1.35 bits per heavy atom. The van der Waals surface area contributed by atoms with Gasteiger partial charge in [0.25, 0.3) is 0 Å². The van der Waals surface area contributed by atoms with E-state index in [0.717, 1.165) is 23.5 Å². The molecule has 0 amide bonds. The number of nitrogens with one attached hydrogen (secondary N) is 2. The quantitative estimate of drug-likeness (QED) is 0.308. The van der Waals surface area contributed by atoms with Crippen LogP contribution in [0.1, 0.15) is 11.1 Å². The minimum absolute atomic E-state index is 0.307. The van der Waals surface area contributed by atoms with Gasteiger partial charge >= 0.3 is 6.18 Å². The van der Waals surface area contributed by atoms with Crippen LogP contribution in [0, 0.1) is 0 Å². The third kappa shape index (κ3) is 4.68. The number of anilines is 4. The number of alkyl halides is 3. The summed E-state index contributed by atoms with van der Waals surface area (Å²) in [5.41, 5.74) is 2.77. The van der Waals surface area contributed by atoms with Crippen LogP contribution in [0.5, 0.6) is 0 Å². The molecule has 0 bridgehead atoms. The van der Waals surface area contributed by atoms with E-state index in [2.05, 4.69) is 25.6 Å². The van der Waals surface area contributed by atoms with Crippen molar-refractivity contribution in [2.45, 2.75) is 12.7 Å². The highest BCUT2D eigenvalue weighted by Gasteiger charge is 2.30. The summed E-state index contributed by atoms with van der Waals surface area (Å²) in [6.07, 6.45) is -2.76. The van der Waals surface area contributed by atoms with Crippen LogP contribution < -0.4 is 10.6 Å². The van der Waals surface area contributed by atoms with Gasteiger partial charge in [-0.3, -0.25) is 0 Å². The number of para-hydroxylation sites is 2. The van der Waals surface area contributed by atoms with E-state index in [9.17, 15) is 13.2 Å². The molecule has 9 heteroatoms. The molecule has 170 valence electrons. The molecule has 0 saturated heterocycles. The van der Waals surface area contributed by atoms with Crippen molar-refractivity contribution in [3.8, 4) is 0 Å². The Morgan fingerprint density at radius 3 is 1.97 bits per heavy atom. The lowest BCUT2D eigenvalue weighted by atomic mass is 10.1. The SMILES string of the molecule is FC(F)(F)c1ccc(Cn2cnc3c(Nc4ccccc4)nc(Nc4ccccc4)nc32)cc1. The molecule has 2 N–H and O–H groups in total. The van der Waals surface area contributed by atoms with Crippen LogP contribution in [0.15, 0.2) is 91.3 Å². The number of halogens is 3. The first-order chi connectivity index (χ1) is 16.5. The second-order valence-electron chi connectivity index (χ2n) is 7.62. The lowest BCUT2D eigenvalue weighted by Gasteiger charge is -2.11. The van der Waals surface area contributed by atoms with Crippen LogP contribution in [0.3, 0.4) is 0 Å². The average molecular weight is 460 g/mol. The largest absolute Gasteiger partial charge is 0.416 e. The minimum Gasteiger partial charge on any atom is -0.338 e. The van der Waals surface area contributed by atoms with Crippen molar-refractivity contribution in [3.63, 3.8) is 0 Å². The number of hydrogen-bond acceptors (Lipinski definition) is 5. The number of fused-ring (bicyclic) bond motifs is 1. The molecule has 6 nitrogen and oxygen atoms in total. The lowest BCUT2D eigenvalue weighted by molar-refractivity contribution is -0.137. The van der Waals surface area contributed by atoms with Crippen LogP contribution in [-0.4, -0.2) is 19.5 Å². The van der Waals surface area contributed by atoms with E-state index in [1.165, 1.54) is 12.1 Å². The fourth-order valence-corrected chi connectivity index (χ4v) is 3.51. The molecule has 2 aromatic heterocycles.